The van der Waals surface area contributed by atoms with Crippen molar-refractivity contribution < 1.29 is 19.4 Å². The predicted molar refractivity (Wildman–Crippen MR) is 76.6 cm³/mol. The minimum atomic E-state index is -1.03. The fraction of sp³-hybridized carbons (Fsp3) is 0.538. The number of aromatic nitrogens is 1. The van der Waals surface area contributed by atoms with Crippen LogP contribution in [0.25, 0.3) is 0 Å². The molecule has 1 aromatic heterocycles. The van der Waals surface area contributed by atoms with E-state index in [1.165, 1.54) is 12.1 Å². The van der Waals surface area contributed by atoms with Gasteiger partial charge in [-0.2, -0.15) is 0 Å². The molecule has 0 unspecified atom stereocenters. The number of pyridine rings is 1. The van der Waals surface area contributed by atoms with Crippen LogP contribution >= 0.6 is 11.6 Å². The molecule has 0 fully saturated rings. The number of anilines is 1. The zero-order valence-corrected chi connectivity index (χ0v) is 12.2. The number of aromatic carboxylic acids is 1. The molecule has 1 heterocycles. The molecule has 2 N–H and O–H groups in total. The maximum atomic E-state index is 11.0. The molecule has 0 saturated heterocycles. The molecule has 1 aromatic rings. The summed E-state index contributed by atoms with van der Waals surface area (Å²) in [4.78, 5) is 15.0. The van der Waals surface area contributed by atoms with E-state index >= 15 is 0 Å². The topological polar surface area (TPSA) is 80.7 Å². The summed E-state index contributed by atoms with van der Waals surface area (Å²) >= 11 is 5.76. The molecule has 0 aliphatic rings. The molecular formula is C13H19ClN2O4. The van der Waals surface area contributed by atoms with Crippen LogP contribution in [-0.2, 0) is 9.47 Å². The van der Waals surface area contributed by atoms with Crippen LogP contribution in [0.2, 0.25) is 5.15 Å². The highest BCUT2D eigenvalue weighted by molar-refractivity contribution is 6.29. The molecule has 0 atom stereocenters. The minimum Gasteiger partial charge on any atom is -0.478 e. The van der Waals surface area contributed by atoms with Crippen molar-refractivity contribution in [2.45, 2.75) is 12.8 Å². The largest absolute Gasteiger partial charge is 0.478 e. The van der Waals surface area contributed by atoms with E-state index in [2.05, 4.69) is 10.3 Å². The number of nitrogens with one attached hydrogen (secondary N) is 1. The third-order valence-corrected chi connectivity index (χ3v) is 2.74. The molecule has 0 aliphatic carbocycles. The van der Waals surface area contributed by atoms with Crippen molar-refractivity contribution in [2.75, 3.05) is 38.8 Å². The summed E-state index contributed by atoms with van der Waals surface area (Å²) in [6.07, 6.45) is 1.72. The van der Waals surface area contributed by atoms with Gasteiger partial charge in [0, 0.05) is 20.3 Å². The number of unbranched alkanes of at least 4 members (excludes halogenated alkanes) is 1. The molecule has 0 amide bonds. The van der Waals surface area contributed by atoms with Crippen LogP contribution in [-0.4, -0.2) is 49.5 Å². The van der Waals surface area contributed by atoms with Crippen molar-refractivity contribution in [3.05, 3.63) is 22.8 Å². The highest BCUT2D eigenvalue weighted by Gasteiger charge is 2.11. The number of hydrogen-bond acceptors (Lipinski definition) is 5. The van der Waals surface area contributed by atoms with Crippen LogP contribution in [0.1, 0.15) is 23.2 Å². The lowest BCUT2D eigenvalue weighted by atomic mass is 10.2. The fourth-order valence-corrected chi connectivity index (χ4v) is 1.67. The Morgan fingerprint density at radius 2 is 2.15 bits per heavy atom. The summed E-state index contributed by atoms with van der Waals surface area (Å²) in [5, 5.41) is 12.3. The van der Waals surface area contributed by atoms with Crippen LogP contribution in [0.5, 0.6) is 0 Å². The standard InChI is InChI=1S/C13H19ClN2O4/c1-19-8-9-20-7-3-2-6-15-12-10(13(17)18)4-5-11(14)16-12/h4-5H,2-3,6-9H2,1H3,(H,15,16)(H,17,18). The normalized spacial score (nSPS) is 10.5. The van der Waals surface area contributed by atoms with Gasteiger partial charge in [-0.1, -0.05) is 11.6 Å². The lowest BCUT2D eigenvalue weighted by molar-refractivity contribution is 0.0690. The van der Waals surface area contributed by atoms with Crippen molar-refractivity contribution in [1.29, 1.82) is 0 Å². The maximum Gasteiger partial charge on any atom is 0.339 e. The Hall–Kier alpha value is -1.37. The van der Waals surface area contributed by atoms with Crippen LogP contribution in [0.4, 0.5) is 5.82 Å². The lowest BCUT2D eigenvalue weighted by Crippen LogP contribution is -2.10. The molecule has 0 bridgehead atoms. The second-order valence-electron chi connectivity index (χ2n) is 4.07. The molecule has 0 radical (unpaired) electrons. The molecule has 7 heteroatoms. The van der Waals surface area contributed by atoms with E-state index in [4.69, 9.17) is 26.2 Å². The van der Waals surface area contributed by atoms with E-state index in [0.29, 0.717) is 32.2 Å². The molecule has 112 valence electrons. The average Bonchev–Trinajstić information content (AvgIpc) is 2.41. The second kappa shape index (κ2) is 9.52. The Morgan fingerprint density at radius 1 is 1.35 bits per heavy atom. The molecular weight excluding hydrogens is 284 g/mol. The number of hydrogen-bond donors (Lipinski definition) is 2. The van der Waals surface area contributed by atoms with Crippen molar-refractivity contribution in [3.63, 3.8) is 0 Å². The first-order valence-electron chi connectivity index (χ1n) is 6.35. The van der Waals surface area contributed by atoms with E-state index < -0.39 is 5.97 Å². The monoisotopic (exact) mass is 302 g/mol. The molecule has 6 nitrogen and oxygen atoms in total. The first kappa shape index (κ1) is 16.7. The van der Waals surface area contributed by atoms with E-state index in [-0.39, 0.29) is 10.7 Å². The molecule has 0 aromatic carbocycles. The zero-order valence-electron chi connectivity index (χ0n) is 11.4. The summed E-state index contributed by atoms with van der Waals surface area (Å²) < 4.78 is 10.2. The first-order valence-corrected chi connectivity index (χ1v) is 6.73. The van der Waals surface area contributed by atoms with Gasteiger partial charge in [-0.3, -0.25) is 0 Å². The molecule has 0 spiro atoms. The SMILES string of the molecule is COCCOCCCCNc1nc(Cl)ccc1C(=O)O. The quantitative estimate of drug-likeness (QED) is 0.510. The Balaban J connectivity index is 2.28. The van der Waals surface area contributed by atoms with Gasteiger partial charge in [0.2, 0.25) is 0 Å². The van der Waals surface area contributed by atoms with Gasteiger partial charge in [-0.25, -0.2) is 9.78 Å². The van der Waals surface area contributed by atoms with Crippen LogP contribution in [0.15, 0.2) is 12.1 Å². The van der Waals surface area contributed by atoms with E-state index in [1.807, 2.05) is 0 Å². The minimum absolute atomic E-state index is 0.116. The number of methoxy groups -OCH3 is 1. The first-order chi connectivity index (χ1) is 9.65. The van der Waals surface area contributed by atoms with E-state index in [9.17, 15) is 4.79 Å². The van der Waals surface area contributed by atoms with Gasteiger partial charge >= 0.3 is 5.97 Å². The summed E-state index contributed by atoms with van der Waals surface area (Å²) in [6, 6.07) is 2.90. The highest BCUT2D eigenvalue weighted by Crippen LogP contribution is 2.16. The molecule has 0 aliphatic heterocycles. The van der Waals surface area contributed by atoms with Gasteiger partial charge in [0.1, 0.15) is 16.5 Å². The smallest absolute Gasteiger partial charge is 0.339 e. The van der Waals surface area contributed by atoms with Gasteiger partial charge in [0.15, 0.2) is 0 Å². The Morgan fingerprint density at radius 3 is 2.85 bits per heavy atom. The Labute approximate surface area is 123 Å². The average molecular weight is 303 g/mol. The Kier molecular flexibility index (Phi) is 7.94. The summed E-state index contributed by atoms with van der Waals surface area (Å²) in [5.41, 5.74) is 0.116. The number of carbonyl (C=O) groups is 1. The van der Waals surface area contributed by atoms with Crippen molar-refractivity contribution >= 4 is 23.4 Å². The van der Waals surface area contributed by atoms with Crippen LogP contribution in [0, 0.1) is 0 Å². The van der Waals surface area contributed by atoms with E-state index in [0.717, 1.165) is 12.8 Å². The predicted octanol–water partition coefficient (Wildman–Crippen LogP) is 2.29. The number of rotatable bonds is 10. The number of nitrogens with zero attached hydrogens (tertiary/aromatic N) is 1. The number of ether oxygens (including phenoxy) is 2. The second-order valence-corrected chi connectivity index (χ2v) is 4.46. The number of halogens is 1. The van der Waals surface area contributed by atoms with Gasteiger partial charge in [-0.15, -0.1) is 0 Å². The number of carboxylic acid groups (broad SMARTS) is 1. The van der Waals surface area contributed by atoms with Crippen LogP contribution in [0.3, 0.4) is 0 Å². The Bertz CT molecular complexity index is 429. The van der Waals surface area contributed by atoms with Crippen molar-refractivity contribution in [2.24, 2.45) is 0 Å². The van der Waals surface area contributed by atoms with Gasteiger partial charge < -0.3 is 19.9 Å². The van der Waals surface area contributed by atoms with Gasteiger partial charge in [0.25, 0.3) is 0 Å². The highest BCUT2D eigenvalue weighted by atomic mass is 35.5. The fourth-order valence-electron chi connectivity index (χ4n) is 1.52. The third-order valence-electron chi connectivity index (χ3n) is 2.53. The summed E-state index contributed by atoms with van der Waals surface area (Å²) in [5.74, 6) is -0.732. The lowest BCUT2D eigenvalue weighted by Gasteiger charge is -2.09. The van der Waals surface area contributed by atoms with Crippen molar-refractivity contribution in [3.8, 4) is 0 Å². The third kappa shape index (κ3) is 6.18. The molecule has 0 saturated carbocycles. The summed E-state index contributed by atoms with van der Waals surface area (Å²) in [7, 11) is 1.63. The van der Waals surface area contributed by atoms with Crippen LogP contribution < -0.4 is 5.32 Å². The number of carboxylic acids is 1. The van der Waals surface area contributed by atoms with Crippen molar-refractivity contribution in [1.82, 2.24) is 4.98 Å². The van der Waals surface area contributed by atoms with E-state index in [1.54, 1.807) is 7.11 Å². The summed E-state index contributed by atoms with van der Waals surface area (Å²) in [6.45, 7) is 2.44. The maximum absolute atomic E-state index is 11.0. The zero-order chi connectivity index (χ0) is 14.8. The van der Waals surface area contributed by atoms with Gasteiger partial charge in [0.05, 0.1) is 13.2 Å². The van der Waals surface area contributed by atoms with Gasteiger partial charge in [-0.05, 0) is 25.0 Å². The molecule has 20 heavy (non-hydrogen) atoms. The molecule has 1 rings (SSSR count).